The van der Waals surface area contributed by atoms with Crippen molar-refractivity contribution in [2.75, 3.05) is 20.2 Å². The van der Waals surface area contributed by atoms with Gasteiger partial charge in [0.1, 0.15) is 0 Å². The summed E-state index contributed by atoms with van der Waals surface area (Å²) in [6.45, 7) is 2.70. The second kappa shape index (κ2) is 6.30. The number of halogens is 2. The molecule has 0 aliphatic heterocycles. The maximum absolute atomic E-state index is 13.1. The van der Waals surface area contributed by atoms with Crippen molar-refractivity contribution in [2.24, 2.45) is 0 Å². The summed E-state index contributed by atoms with van der Waals surface area (Å²) in [6.07, 6.45) is 0.378. The SMILES string of the molecule is C=CC(=O)N(C)CC(=O)NC1(CO)CCC(F)(F)CC1. The zero-order valence-electron chi connectivity index (χ0n) is 11.5. The highest BCUT2D eigenvalue weighted by Crippen LogP contribution is 2.38. The van der Waals surface area contributed by atoms with E-state index in [0.29, 0.717) is 0 Å². The standard InChI is InChI=1S/C13H20F2N2O3/c1-3-11(20)17(2)8-10(19)16-12(9-18)4-6-13(14,15)7-5-12/h3,18H,1,4-9H2,2H3,(H,16,19). The molecule has 1 rings (SSSR count). The van der Waals surface area contributed by atoms with Crippen molar-refractivity contribution in [1.29, 1.82) is 0 Å². The molecule has 1 fully saturated rings. The molecule has 0 aromatic heterocycles. The van der Waals surface area contributed by atoms with Crippen LogP contribution in [-0.4, -0.2) is 53.5 Å². The average molecular weight is 290 g/mol. The second-order valence-corrected chi connectivity index (χ2v) is 5.24. The number of carbonyl (C=O) groups is 2. The fourth-order valence-corrected chi connectivity index (χ4v) is 2.20. The van der Waals surface area contributed by atoms with Crippen LogP contribution in [-0.2, 0) is 9.59 Å². The number of carbonyl (C=O) groups excluding carboxylic acids is 2. The molecule has 0 spiro atoms. The summed E-state index contributed by atoms with van der Waals surface area (Å²) in [6, 6.07) is 0. The molecule has 114 valence electrons. The highest BCUT2D eigenvalue weighted by molar-refractivity contribution is 5.90. The molecule has 1 aliphatic rings. The molecule has 7 heteroatoms. The number of aliphatic hydroxyl groups is 1. The molecular formula is C13H20F2N2O3. The number of amides is 2. The molecule has 2 N–H and O–H groups in total. The molecule has 0 unspecified atom stereocenters. The van der Waals surface area contributed by atoms with Crippen molar-refractivity contribution < 1.29 is 23.5 Å². The van der Waals surface area contributed by atoms with E-state index in [9.17, 15) is 23.5 Å². The van der Waals surface area contributed by atoms with Gasteiger partial charge < -0.3 is 15.3 Å². The predicted octanol–water partition coefficient (Wildman–Crippen LogP) is 0.687. The number of likely N-dealkylation sites (N-methyl/N-ethyl adjacent to an activating group) is 1. The van der Waals surface area contributed by atoms with Gasteiger partial charge in [-0.3, -0.25) is 9.59 Å². The summed E-state index contributed by atoms with van der Waals surface area (Å²) in [5.41, 5.74) is -1.02. The zero-order chi connectivity index (χ0) is 15.4. The maximum Gasteiger partial charge on any atom is 0.248 e. The lowest BCUT2D eigenvalue weighted by atomic mass is 9.80. The van der Waals surface area contributed by atoms with E-state index in [2.05, 4.69) is 11.9 Å². The highest BCUT2D eigenvalue weighted by atomic mass is 19.3. The lowest BCUT2D eigenvalue weighted by Crippen LogP contribution is -2.56. The van der Waals surface area contributed by atoms with Gasteiger partial charge >= 0.3 is 0 Å². The molecular weight excluding hydrogens is 270 g/mol. The minimum Gasteiger partial charge on any atom is -0.394 e. The summed E-state index contributed by atoms with van der Waals surface area (Å²) < 4.78 is 26.3. The molecule has 1 aliphatic carbocycles. The highest BCUT2D eigenvalue weighted by Gasteiger charge is 2.43. The van der Waals surface area contributed by atoms with Crippen molar-refractivity contribution in [3.8, 4) is 0 Å². The summed E-state index contributed by atoms with van der Waals surface area (Å²) in [5.74, 6) is -3.63. The van der Waals surface area contributed by atoms with Gasteiger partial charge in [0.2, 0.25) is 17.7 Å². The van der Waals surface area contributed by atoms with Gasteiger partial charge in [0.15, 0.2) is 0 Å². The van der Waals surface area contributed by atoms with Gasteiger partial charge in [0.25, 0.3) is 0 Å². The first kappa shape index (κ1) is 16.6. The Morgan fingerprint density at radius 1 is 1.35 bits per heavy atom. The Kier molecular flexibility index (Phi) is 5.21. The van der Waals surface area contributed by atoms with Gasteiger partial charge in [-0.2, -0.15) is 0 Å². The topological polar surface area (TPSA) is 69.6 Å². The summed E-state index contributed by atoms with van der Waals surface area (Å²) in [5, 5.41) is 12.0. The molecule has 5 nitrogen and oxygen atoms in total. The monoisotopic (exact) mass is 290 g/mol. The fraction of sp³-hybridized carbons (Fsp3) is 0.692. The lowest BCUT2D eigenvalue weighted by molar-refractivity contribution is -0.133. The van der Waals surface area contributed by atoms with E-state index in [1.807, 2.05) is 0 Å². The Morgan fingerprint density at radius 3 is 2.35 bits per heavy atom. The fourth-order valence-electron chi connectivity index (χ4n) is 2.20. The molecule has 1 saturated carbocycles. The van der Waals surface area contributed by atoms with Crippen LogP contribution >= 0.6 is 0 Å². The Morgan fingerprint density at radius 2 is 1.90 bits per heavy atom. The molecule has 0 bridgehead atoms. The van der Waals surface area contributed by atoms with E-state index in [4.69, 9.17) is 0 Å². The predicted molar refractivity (Wildman–Crippen MR) is 69.2 cm³/mol. The maximum atomic E-state index is 13.1. The third-order valence-electron chi connectivity index (χ3n) is 3.58. The normalized spacial score (nSPS) is 20.0. The van der Waals surface area contributed by atoms with Crippen LogP contribution in [0.15, 0.2) is 12.7 Å². The first-order chi connectivity index (χ1) is 9.23. The number of hydrogen-bond acceptors (Lipinski definition) is 3. The number of rotatable bonds is 5. The van der Waals surface area contributed by atoms with Crippen molar-refractivity contribution in [1.82, 2.24) is 10.2 Å². The van der Waals surface area contributed by atoms with Crippen LogP contribution in [0.4, 0.5) is 8.78 Å². The average Bonchev–Trinajstić information content (AvgIpc) is 2.40. The quantitative estimate of drug-likeness (QED) is 0.732. The minimum absolute atomic E-state index is 0.0152. The van der Waals surface area contributed by atoms with Crippen molar-refractivity contribution in [3.05, 3.63) is 12.7 Å². The Hall–Kier alpha value is -1.50. The molecule has 0 aromatic carbocycles. The van der Waals surface area contributed by atoms with Crippen LogP contribution in [0, 0.1) is 0 Å². The van der Waals surface area contributed by atoms with Gasteiger partial charge in [-0.25, -0.2) is 8.78 Å². The second-order valence-electron chi connectivity index (χ2n) is 5.24. The molecule has 0 atom stereocenters. The zero-order valence-corrected chi connectivity index (χ0v) is 11.5. The molecule has 2 amide bonds. The molecule has 0 radical (unpaired) electrons. The minimum atomic E-state index is -2.74. The number of aliphatic hydroxyl groups excluding tert-OH is 1. The van der Waals surface area contributed by atoms with Gasteiger partial charge in [0.05, 0.1) is 18.7 Å². The summed E-state index contributed by atoms with van der Waals surface area (Å²) >= 11 is 0. The first-order valence-electron chi connectivity index (χ1n) is 6.41. The van der Waals surface area contributed by atoms with Crippen molar-refractivity contribution in [2.45, 2.75) is 37.1 Å². The van der Waals surface area contributed by atoms with E-state index < -0.39 is 29.9 Å². The summed E-state index contributed by atoms with van der Waals surface area (Å²) in [7, 11) is 1.43. The van der Waals surface area contributed by atoms with Crippen LogP contribution in [0.25, 0.3) is 0 Å². The van der Waals surface area contributed by atoms with Crippen LogP contribution in [0.3, 0.4) is 0 Å². The van der Waals surface area contributed by atoms with Crippen molar-refractivity contribution in [3.63, 3.8) is 0 Å². The van der Waals surface area contributed by atoms with E-state index >= 15 is 0 Å². The van der Waals surface area contributed by atoms with Crippen LogP contribution < -0.4 is 5.32 Å². The largest absolute Gasteiger partial charge is 0.394 e. The lowest BCUT2D eigenvalue weighted by Gasteiger charge is -2.39. The third-order valence-corrected chi connectivity index (χ3v) is 3.58. The Balaban J connectivity index is 2.58. The van der Waals surface area contributed by atoms with E-state index in [-0.39, 0.29) is 32.2 Å². The first-order valence-corrected chi connectivity index (χ1v) is 6.41. The van der Waals surface area contributed by atoms with E-state index in [0.717, 1.165) is 11.0 Å². The number of alkyl halides is 2. The van der Waals surface area contributed by atoms with Crippen LogP contribution in [0.1, 0.15) is 25.7 Å². The van der Waals surface area contributed by atoms with Gasteiger partial charge in [-0.15, -0.1) is 0 Å². The molecule has 0 saturated heterocycles. The molecule has 0 aromatic rings. The Labute approximate surface area is 116 Å². The molecule has 0 heterocycles. The third kappa shape index (κ3) is 4.26. The van der Waals surface area contributed by atoms with Gasteiger partial charge in [-0.1, -0.05) is 6.58 Å². The van der Waals surface area contributed by atoms with Crippen LogP contribution in [0.2, 0.25) is 0 Å². The van der Waals surface area contributed by atoms with Crippen molar-refractivity contribution >= 4 is 11.8 Å². The smallest absolute Gasteiger partial charge is 0.248 e. The van der Waals surface area contributed by atoms with Gasteiger partial charge in [0, 0.05) is 19.9 Å². The van der Waals surface area contributed by atoms with Gasteiger partial charge in [-0.05, 0) is 18.9 Å². The van der Waals surface area contributed by atoms with E-state index in [1.165, 1.54) is 7.05 Å². The number of hydrogen-bond donors (Lipinski definition) is 2. The summed E-state index contributed by atoms with van der Waals surface area (Å²) in [4.78, 5) is 24.2. The molecule has 20 heavy (non-hydrogen) atoms. The van der Waals surface area contributed by atoms with Crippen LogP contribution in [0.5, 0.6) is 0 Å². The Bertz CT molecular complexity index is 389. The number of nitrogens with zero attached hydrogens (tertiary/aromatic N) is 1. The number of nitrogens with one attached hydrogen (secondary N) is 1. The van der Waals surface area contributed by atoms with E-state index in [1.54, 1.807) is 0 Å².